The van der Waals surface area contributed by atoms with Crippen molar-refractivity contribution in [3.8, 4) is 11.8 Å². The molecule has 0 saturated heterocycles. The van der Waals surface area contributed by atoms with Crippen LogP contribution in [0.2, 0.25) is 0 Å². The molecule has 3 rings (SSSR count). The van der Waals surface area contributed by atoms with E-state index in [-0.39, 0.29) is 5.56 Å². The molecule has 0 aliphatic rings. The van der Waals surface area contributed by atoms with Crippen LogP contribution in [0.1, 0.15) is 11.1 Å². The molecule has 0 aliphatic heterocycles. The van der Waals surface area contributed by atoms with Crippen molar-refractivity contribution in [3.63, 3.8) is 0 Å². The quantitative estimate of drug-likeness (QED) is 0.561. The Bertz CT molecular complexity index is 819. The number of rotatable bonds is 0. The molecule has 0 bridgehead atoms. The molecule has 0 unspecified atom stereocenters. The highest BCUT2D eigenvalue weighted by atomic mass is 19.1. The first-order valence-electron chi connectivity index (χ1n) is 6.05. The van der Waals surface area contributed by atoms with Gasteiger partial charge < -0.3 is 0 Å². The lowest BCUT2D eigenvalue weighted by Gasteiger charge is -1.99. The third-order valence-corrected chi connectivity index (χ3v) is 2.92. The van der Waals surface area contributed by atoms with Gasteiger partial charge in [-0.25, -0.2) is 8.78 Å². The summed E-state index contributed by atoms with van der Waals surface area (Å²) in [6.07, 6.45) is 1.66. The van der Waals surface area contributed by atoms with Gasteiger partial charge in [-0.05, 0) is 24.3 Å². The highest BCUT2D eigenvalue weighted by Crippen LogP contribution is 2.16. The maximum atomic E-state index is 13.5. The smallest absolute Gasteiger partial charge is 0.141 e. The van der Waals surface area contributed by atoms with Crippen molar-refractivity contribution >= 4 is 10.9 Å². The summed E-state index contributed by atoms with van der Waals surface area (Å²) in [7, 11) is 0. The van der Waals surface area contributed by atoms with Crippen LogP contribution in [0, 0.1) is 23.5 Å². The summed E-state index contributed by atoms with van der Waals surface area (Å²) in [5, 5.41) is 0.938. The number of pyridine rings is 1. The van der Waals surface area contributed by atoms with Gasteiger partial charge in [-0.2, -0.15) is 0 Å². The lowest BCUT2D eigenvalue weighted by atomic mass is 10.1. The molecule has 1 aromatic heterocycles. The number of benzene rings is 2. The van der Waals surface area contributed by atoms with E-state index in [0.29, 0.717) is 5.56 Å². The Hall–Kier alpha value is -2.73. The van der Waals surface area contributed by atoms with Gasteiger partial charge in [-0.15, -0.1) is 0 Å². The summed E-state index contributed by atoms with van der Waals surface area (Å²) in [5.41, 5.74) is 1.14. The lowest BCUT2D eigenvalue weighted by molar-refractivity contribution is 0.577. The van der Waals surface area contributed by atoms with Crippen molar-refractivity contribution < 1.29 is 8.78 Å². The zero-order valence-corrected chi connectivity index (χ0v) is 10.4. The number of aromatic nitrogens is 1. The minimum absolute atomic E-state index is 0.222. The van der Waals surface area contributed by atoms with E-state index in [9.17, 15) is 8.78 Å². The summed E-state index contributed by atoms with van der Waals surface area (Å²) in [6.45, 7) is 0. The second-order valence-electron chi connectivity index (χ2n) is 4.23. The predicted molar refractivity (Wildman–Crippen MR) is 74.1 cm³/mol. The molecule has 0 spiro atoms. The first-order valence-corrected chi connectivity index (χ1v) is 6.05. The van der Waals surface area contributed by atoms with Crippen LogP contribution in [0.4, 0.5) is 8.78 Å². The molecule has 1 heterocycles. The van der Waals surface area contributed by atoms with Gasteiger partial charge in [0.15, 0.2) is 0 Å². The SMILES string of the molecule is Fc1cccc(F)c1C#Cc1cccc2cccnc12. The zero-order chi connectivity index (χ0) is 13.9. The Labute approximate surface area is 114 Å². The Morgan fingerprint density at radius 1 is 0.800 bits per heavy atom. The number of nitrogens with zero attached hydrogens (tertiary/aromatic N) is 1. The topological polar surface area (TPSA) is 12.9 Å². The summed E-state index contributed by atoms with van der Waals surface area (Å²) in [4.78, 5) is 4.25. The van der Waals surface area contributed by atoms with Crippen LogP contribution >= 0.6 is 0 Å². The number of hydrogen-bond donors (Lipinski definition) is 0. The van der Waals surface area contributed by atoms with E-state index in [2.05, 4.69) is 16.8 Å². The van der Waals surface area contributed by atoms with Gasteiger partial charge in [0, 0.05) is 11.6 Å². The van der Waals surface area contributed by atoms with Crippen molar-refractivity contribution in [1.82, 2.24) is 4.98 Å². The average molecular weight is 265 g/mol. The summed E-state index contributed by atoms with van der Waals surface area (Å²) < 4.78 is 27.0. The van der Waals surface area contributed by atoms with Gasteiger partial charge in [-0.3, -0.25) is 4.98 Å². The van der Waals surface area contributed by atoms with Gasteiger partial charge in [0.25, 0.3) is 0 Å². The van der Waals surface area contributed by atoms with Crippen LogP contribution in [0.3, 0.4) is 0 Å². The predicted octanol–water partition coefficient (Wildman–Crippen LogP) is 3.91. The molecule has 96 valence electrons. The molecule has 0 aliphatic carbocycles. The minimum Gasteiger partial charge on any atom is -0.255 e. The first-order chi connectivity index (χ1) is 9.75. The van der Waals surface area contributed by atoms with E-state index in [1.807, 2.05) is 24.3 Å². The molecule has 3 aromatic rings. The van der Waals surface area contributed by atoms with E-state index < -0.39 is 11.6 Å². The number of fused-ring (bicyclic) bond motifs is 1. The fourth-order valence-electron chi connectivity index (χ4n) is 1.95. The molecule has 3 heteroatoms. The van der Waals surface area contributed by atoms with Gasteiger partial charge >= 0.3 is 0 Å². The minimum atomic E-state index is -0.661. The molecule has 1 nitrogen and oxygen atoms in total. The normalized spacial score (nSPS) is 10.1. The number of hydrogen-bond acceptors (Lipinski definition) is 1. The maximum absolute atomic E-state index is 13.5. The average Bonchev–Trinajstić information content (AvgIpc) is 2.47. The fraction of sp³-hybridized carbons (Fsp3) is 0. The van der Waals surface area contributed by atoms with Crippen molar-refractivity contribution in [2.75, 3.05) is 0 Å². The third-order valence-electron chi connectivity index (χ3n) is 2.92. The monoisotopic (exact) mass is 265 g/mol. The second-order valence-corrected chi connectivity index (χ2v) is 4.23. The molecule has 0 fully saturated rings. The van der Waals surface area contributed by atoms with Gasteiger partial charge in [0.05, 0.1) is 16.6 Å². The van der Waals surface area contributed by atoms with Crippen LogP contribution in [0.15, 0.2) is 54.7 Å². The van der Waals surface area contributed by atoms with E-state index in [1.165, 1.54) is 18.2 Å². The van der Waals surface area contributed by atoms with E-state index in [4.69, 9.17) is 0 Å². The molecule has 2 aromatic carbocycles. The highest BCUT2D eigenvalue weighted by Gasteiger charge is 2.05. The van der Waals surface area contributed by atoms with Crippen LogP contribution in [0.5, 0.6) is 0 Å². The molecular weight excluding hydrogens is 256 g/mol. The van der Waals surface area contributed by atoms with Crippen molar-refractivity contribution in [1.29, 1.82) is 0 Å². The van der Waals surface area contributed by atoms with E-state index in [0.717, 1.165) is 10.9 Å². The van der Waals surface area contributed by atoms with Crippen molar-refractivity contribution in [2.45, 2.75) is 0 Å². The summed E-state index contributed by atoms with van der Waals surface area (Å²) >= 11 is 0. The Morgan fingerprint density at radius 2 is 1.50 bits per heavy atom. The number of halogens is 2. The Balaban J connectivity index is 2.14. The molecule has 0 radical (unpaired) electrons. The largest absolute Gasteiger partial charge is 0.255 e. The highest BCUT2D eigenvalue weighted by molar-refractivity contribution is 5.84. The standard InChI is InChI=1S/C17H9F2N/c18-15-7-2-8-16(19)14(15)10-9-13-5-1-4-12-6-3-11-20-17(12)13/h1-8,11H. The van der Waals surface area contributed by atoms with Crippen LogP contribution in [-0.2, 0) is 0 Å². The maximum Gasteiger partial charge on any atom is 0.141 e. The second kappa shape index (κ2) is 5.10. The van der Waals surface area contributed by atoms with E-state index in [1.54, 1.807) is 12.3 Å². The zero-order valence-electron chi connectivity index (χ0n) is 10.4. The Kier molecular flexibility index (Phi) is 3.14. The molecule has 0 N–H and O–H groups in total. The number of para-hydroxylation sites is 1. The van der Waals surface area contributed by atoms with Crippen LogP contribution < -0.4 is 0 Å². The molecule has 0 amide bonds. The summed E-state index contributed by atoms with van der Waals surface area (Å²) in [5.74, 6) is 4.02. The summed E-state index contributed by atoms with van der Waals surface area (Å²) in [6, 6.07) is 13.0. The van der Waals surface area contributed by atoms with Crippen molar-refractivity contribution in [3.05, 3.63) is 77.5 Å². The molecule has 0 atom stereocenters. The van der Waals surface area contributed by atoms with Crippen LogP contribution in [-0.4, -0.2) is 4.98 Å². The van der Waals surface area contributed by atoms with Gasteiger partial charge in [0.2, 0.25) is 0 Å². The lowest BCUT2D eigenvalue weighted by Crippen LogP contribution is -1.89. The van der Waals surface area contributed by atoms with Gasteiger partial charge in [-0.1, -0.05) is 36.1 Å². The van der Waals surface area contributed by atoms with Crippen LogP contribution in [0.25, 0.3) is 10.9 Å². The van der Waals surface area contributed by atoms with Gasteiger partial charge in [0.1, 0.15) is 11.6 Å². The van der Waals surface area contributed by atoms with E-state index >= 15 is 0 Å². The Morgan fingerprint density at radius 3 is 2.30 bits per heavy atom. The molecule has 0 saturated carbocycles. The third kappa shape index (κ3) is 2.24. The molecular formula is C17H9F2N. The molecule has 20 heavy (non-hydrogen) atoms. The fourth-order valence-corrected chi connectivity index (χ4v) is 1.95. The van der Waals surface area contributed by atoms with Crippen molar-refractivity contribution in [2.24, 2.45) is 0 Å². The first kappa shape index (κ1) is 12.3.